The number of hydrogen-bond acceptors (Lipinski definition) is 5. The lowest BCUT2D eigenvalue weighted by molar-refractivity contribution is 0.232. The first kappa shape index (κ1) is 19.0. The second-order valence-electron chi connectivity index (χ2n) is 6.30. The third-order valence-electron chi connectivity index (χ3n) is 4.53. The Hall–Kier alpha value is -1.74. The van der Waals surface area contributed by atoms with E-state index in [0.717, 1.165) is 17.1 Å². The molecular formula is C17H21FN2O4S2. The van der Waals surface area contributed by atoms with Gasteiger partial charge in [0.1, 0.15) is 27.9 Å². The Kier molecular flexibility index (Phi) is 5.76. The zero-order valence-electron chi connectivity index (χ0n) is 14.6. The first-order valence-electron chi connectivity index (χ1n) is 8.24. The molecule has 1 aromatic carbocycles. The summed E-state index contributed by atoms with van der Waals surface area (Å²) in [5, 5.41) is 10.5. The van der Waals surface area contributed by atoms with Gasteiger partial charge in [-0.2, -0.15) is 0 Å². The van der Waals surface area contributed by atoms with Crippen molar-refractivity contribution >= 4 is 38.4 Å². The summed E-state index contributed by atoms with van der Waals surface area (Å²) < 4.78 is 44.8. The number of ether oxygens (including phenoxy) is 1. The van der Waals surface area contributed by atoms with Gasteiger partial charge in [-0.05, 0) is 30.9 Å². The first-order chi connectivity index (χ1) is 12.4. The van der Waals surface area contributed by atoms with Crippen molar-refractivity contribution in [2.45, 2.75) is 12.8 Å². The van der Waals surface area contributed by atoms with E-state index in [-0.39, 0.29) is 17.0 Å². The molecule has 0 amide bonds. The minimum Gasteiger partial charge on any atom is -0.506 e. The molecule has 2 heterocycles. The SMILES string of the molecule is CN(c1c(O)cc2ccc(OCC3CCS(=O)CC3)nc2c1F)S(C)=O. The van der Waals surface area contributed by atoms with E-state index in [2.05, 4.69) is 4.98 Å². The van der Waals surface area contributed by atoms with Gasteiger partial charge >= 0.3 is 0 Å². The van der Waals surface area contributed by atoms with Crippen molar-refractivity contribution in [1.82, 2.24) is 4.98 Å². The maximum Gasteiger partial charge on any atom is 0.213 e. The normalized spacial score (nSPS) is 21.5. The van der Waals surface area contributed by atoms with Gasteiger partial charge in [0.2, 0.25) is 5.88 Å². The van der Waals surface area contributed by atoms with Gasteiger partial charge in [-0.3, -0.25) is 8.51 Å². The molecule has 3 rings (SSSR count). The van der Waals surface area contributed by atoms with E-state index in [1.165, 1.54) is 19.4 Å². The molecule has 6 nitrogen and oxygen atoms in total. The highest BCUT2D eigenvalue weighted by molar-refractivity contribution is 7.85. The largest absolute Gasteiger partial charge is 0.506 e. The van der Waals surface area contributed by atoms with Gasteiger partial charge in [-0.15, -0.1) is 0 Å². The van der Waals surface area contributed by atoms with E-state index in [9.17, 15) is 17.9 Å². The summed E-state index contributed by atoms with van der Waals surface area (Å²) in [6, 6.07) is 4.65. The number of phenols is 1. The van der Waals surface area contributed by atoms with Crippen molar-refractivity contribution in [3.05, 3.63) is 24.0 Å². The highest BCUT2D eigenvalue weighted by Crippen LogP contribution is 2.36. The summed E-state index contributed by atoms with van der Waals surface area (Å²) in [5.41, 5.74) is -0.102. The van der Waals surface area contributed by atoms with Gasteiger partial charge in [0.15, 0.2) is 5.82 Å². The van der Waals surface area contributed by atoms with Gasteiger partial charge in [0.05, 0.1) is 6.61 Å². The van der Waals surface area contributed by atoms with Crippen LogP contribution in [0.1, 0.15) is 12.8 Å². The molecule has 1 aliphatic heterocycles. The summed E-state index contributed by atoms with van der Waals surface area (Å²) in [7, 11) is -0.771. The Bertz CT molecular complexity index is 867. The average Bonchev–Trinajstić information content (AvgIpc) is 2.61. The highest BCUT2D eigenvalue weighted by Gasteiger charge is 2.21. The van der Waals surface area contributed by atoms with Crippen LogP contribution in [0.5, 0.6) is 11.6 Å². The maximum atomic E-state index is 14.9. The van der Waals surface area contributed by atoms with Crippen LogP contribution in [0.2, 0.25) is 0 Å². The molecule has 2 aromatic rings. The molecule has 0 radical (unpaired) electrons. The molecule has 9 heteroatoms. The first-order valence-corrected chi connectivity index (χ1v) is 11.2. The van der Waals surface area contributed by atoms with Crippen molar-refractivity contribution in [2.75, 3.05) is 35.7 Å². The third-order valence-corrected chi connectivity index (χ3v) is 6.86. The summed E-state index contributed by atoms with van der Waals surface area (Å²) >= 11 is 0. The summed E-state index contributed by atoms with van der Waals surface area (Å²) in [5.74, 6) is 0.960. The number of anilines is 1. The van der Waals surface area contributed by atoms with E-state index >= 15 is 0 Å². The molecule has 142 valence electrons. The van der Waals surface area contributed by atoms with Gasteiger partial charge in [-0.25, -0.2) is 13.6 Å². The maximum absolute atomic E-state index is 14.9. The van der Waals surface area contributed by atoms with Crippen LogP contribution in [0.3, 0.4) is 0 Å². The monoisotopic (exact) mass is 400 g/mol. The molecule has 26 heavy (non-hydrogen) atoms. The quantitative estimate of drug-likeness (QED) is 0.833. The van der Waals surface area contributed by atoms with E-state index in [1.54, 1.807) is 12.1 Å². The molecule has 1 fully saturated rings. The number of fused-ring (bicyclic) bond motifs is 1. The number of pyridine rings is 1. The van der Waals surface area contributed by atoms with Gasteiger partial charge in [0, 0.05) is 47.1 Å². The number of hydrogen-bond donors (Lipinski definition) is 1. The predicted molar refractivity (Wildman–Crippen MR) is 102 cm³/mol. The fraction of sp³-hybridized carbons (Fsp3) is 0.471. The lowest BCUT2D eigenvalue weighted by Gasteiger charge is -2.21. The summed E-state index contributed by atoms with van der Waals surface area (Å²) in [4.78, 5) is 4.22. The summed E-state index contributed by atoms with van der Waals surface area (Å²) in [6.45, 7) is 0.446. The zero-order chi connectivity index (χ0) is 18.8. The number of phenolic OH excluding ortho intramolecular Hbond substituents is 1. The minimum absolute atomic E-state index is 0.0531. The Morgan fingerprint density at radius 2 is 2.12 bits per heavy atom. The Balaban J connectivity index is 1.85. The molecule has 1 N–H and O–H groups in total. The number of rotatable bonds is 5. The Labute approximate surface area is 156 Å². The number of aromatic nitrogens is 1. The van der Waals surface area contributed by atoms with E-state index in [1.807, 2.05) is 0 Å². The number of aromatic hydroxyl groups is 1. The van der Waals surface area contributed by atoms with Crippen LogP contribution in [-0.2, 0) is 21.8 Å². The smallest absolute Gasteiger partial charge is 0.213 e. The van der Waals surface area contributed by atoms with Crippen molar-refractivity contribution in [2.24, 2.45) is 5.92 Å². The predicted octanol–water partition coefficient (Wildman–Crippen LogP) is 2.35. The number of halogens is 1. The third kappa shape index (κ3) is 3.98. The number of nitrogens with zero attached hydrogens (tertiary/aromatic N) is 2. The Morgan fingerprint density at radius 3 is 2.77 bits per heavy atom. The van der Waals surface area contributed by atoms with Crippen LogP contribution >= 0.6 is 0 Å². The van der Waals surface area contributed by atoms with Gasteiger partial charge in [-0.1, -0.05) is 0 Å². The van der Waals surface area contributed by atoms with Crippen LogP contribution in [0, 0.1) is 11.7 Å². The molecule has 0 saturated carbocycles. The Morgan fingerprint density at radius 1 is 1.42 bits per heavy atom. The molecule has 1 unspecified atom stereocenters. The second kappa shape index (κ2) is 7.87. The zero-order valence-corrected chi connectivity index (χ0v) is 16.2. The highest BCUT2D eigenvalue weighted by atomic mass is 32.2. The summed E-state index contributed by atoms with van der Waals surface area (Å²) in [6.07, 6.45) is 3.09. The van der Waals surface area contributed by atoms with Gasteiger partial charge in [0.25, 0.3) is 0 Å². The van der Waals surface area contributed by atoms with E-state index < -0.39 is 27.6 Å². The van der Waals surface area contributed by atoms with Crippen LogP contribution in [0.25, 0.3) is 10.9 Å². The van der Waals surface area contributed by atoms with Crippen molar-refractivity contribution in [3.63, 3.8) is 0 Å². The van der Waals surface area contributed by atoms with Gasteiger partial charge < -0.3 is 9.84 Å². The lowest BCUT2D eigenvalue weighted by Crippen LogP contribution is -2.23. The van der Waals surface area contributed by atoms with Crippen LogP contribution in [-0.4, -0.2) is 49.9 Å². The fourth-order valence-electron chi connectivity index (χ4n) is 2.91. The van der Waals surface area contributed by atoms with Crippen molar-refractivity contribution in [3.8, 4) is 11.6 Å². The molecule has 0 spiro atoms. The minimum atomic E-state index is -1.49. The van der Waals surface area contributed by atoms with Crippen LogP contribution in [0.4, 0.5) is 10.1 Å². The molecule has 0 aliphatic carbocycles. The van der Waals surface area contributed by atoms with Crippen LogP contribution < -0.4 is 9.04 Å². The fourth-order valence-corrected chi connectivity index (χ4v) is 4.73. The van der Waals surface area contributed by atoms with Crippen LogP contribution in [0.15, 0.2) is 18.2 Å². The molecular weight excluding hydrogens is 379 g/mol. The lowest BCUT2D eigenvalue weighted by atomic mass is 10.0. The molecule has 0 bridgehead atoms. The molecule has 1 saturated heterocycles. The standard InChI is InChI=1S/C17H21FN2O4S2/c1-20(25(2)22)17-13(21)9-12-3-4-14(19-16(12)15(17)18)24-10-11-5-7-26(23)8-6-11/h3-4,9,11,21H,5-8,10H2,1-2H3. The molecule has 1 aromatic heterocycles. The second-order valence-corrected chi connectivity index (χ2v) is 9.39. The number of benzene rings is 1. The average molecular weight is 400 g/mol. The van der Waals surface area contributed by atoms with E-state index in [4.69, 9.17) is 4.74 Å². The van der Waals surface area contributed by atoms with Crippen molar-refractivity contribution in [1.29, 1.82) is 0 Å². The van der Waals surface area contributed by atoms with E-state index in [0.29, 0.717) is 35.3 Å². The molecule has 1 aliphatic rings. The topological polar surface area (TPSA) is 79.7 Å². The molecule has 1 atom stereocenters. The van der Waals surface area contributed by atoms with Crippen molar-refractivity contribution < 1.29 is 22.7 Å².